The number of hydrogen-bond acceptors (Lipinski definition) is 1. The Labute approximate surface area is 61.6 Å². The summed E-state index contributed by atoms with van der Waals surface area (Å²) in [6, 6.07) is 0.569. The molecule has 0 spiro atoms. The maximum atomic E-state index is 11.3. The Hall–Kier alpha value is -0.0800. The maximum Gasteiger partial charge on any atom is 0.0973 e. The van der Waals surface area contributed by atoms with E-state index in [2.05, 4.69) is 5.32 Å². The summed E-state index contributed by atoms with van der Waals surface area (Å²) in [5.41, 5.74) is 0.167. The first-order chi connectivity index (χ1) is 4.76. The maximum absolute atomic E-state index is 11.3. The van der Waals surface area contributed by atoms with Crippen molar-refractivity contribution in [3.05, 3.63) is 0 Å². The van der Waals surface area contributed by atoms with Gasteiger partial charge in [-0.25, -0.2) is 5.11 Å². The molecule has 2 aliphatic rings. The van der Waals surface area contributed by atoms with E-state index in [1.807, 2.05) is 6.92 Å². The summed E-state index contributed by atoms with van der Waals surface area (Å²) < 4.78 is 0. The van der Waals surface area contributed by atoms with Gasteiger partial charge in [0.25, 0.3) is 0 Å². The zero-order valence-corrected chi connectivity index (χ0v) is 6.39. The molecule has 2 nitrogen and oxygen atoms in total. The molecule has 0 bridgehead atoms. The third kappa shape index (κ3) is 0.611. The average molecular weight is 140 g/mol. The molecular formula is C8H14NO. The van der Waals surface area contributed by atoms with Crippen molar-refractivity contribution in [2.75, 3.05) is 6.54 Å². The van der Waals surface area contributed by atoms with Gasteiger partial charge in [-0.15, -0.1) is 0 Å². The van der Waals surface area contributed by atoms with Gasteiger partial charge in [0.2, 0.25) is 0 Å². The van der Waals surface area contributed by atoms with Gasteiger partial charge in [-0.1, -0.05) is 0 Å². The van der Waals surface area contributed by atoms with Crippen molar-refractivity contribution >= 4 is 0 Å². The highest BCUT2D eigenvalue weighted by molar-refractivity contribution is 5.07. The van der Waals surface area contributed by atoms with Crippen LogP contribution in [0.3, 0.4) is 0 Å². The van der Waals surface area contributed by atoms with Gasteiger partial charge in [0.15, 0.2) is 0 Å². The second-order valence-corrected chi connectivity index (χ2v) is 3.67. The van der Waals surface area contributed by atoms with Crippen LogP contribution in [0.1, 0.15) is 26.2 Å². The zero-order valence-electron chi connectivity index (χ0n) is 6.39. The number of hydrogen-bond donors (Lipinski definition) is 1. The Morgan fingerprint density at radius 1 is 1.60 bits per heavy atom. The van der Waals surface area contributed by atoms with Crippen LogP contribution in [-0.4, -0.2) is 18.7 Å². The summed E-state index contributed by atoms with van der Waals surface area (Å²) in [6.45, 7) is 2.89. The van der Waals surface area contributed by atoms with E-state index >= 15 is 0 Å². The summed E-state index contributed by atoms with van der Waals surface area (Å²) in [7, 11) is 0. The topological polar surface area (TPSA) is 31.9 Å². The monoisotopic (exact) mass is 140 g/mol. The van der Waals surface area contributed by atoms with Crippen LogP contribution in [0.2, 0.25) is 0 Å². The van der Waals surface area contributed by atoms with Crippen LogP contribution in [0.5, 0.6) is 0 Å². The molecule has 1 aliphatic carbocycles. The predicted octanol–water partition coefficient (Wildman–Crippen LogP) is 0.948. The first-order valence-electron chi connectivity index (χ1n) is 4.15. The van der Waals surface area contributed by atoms with Crippen molar-refractivity contribution in [2.24, 2.45) is 5.41 Å². The van der Waals surface area contributed by atoms with E-state index in [9.17, 15) is 5.11 Å². The van der Waals surface area contributed by atoms with Gasteiger partial charge < -0.3 is 5.32 Å². The van der Waals surface area contributed by atoms with Crippen LogP contribution in [0.15, 0.2) is 0 Å². The van der Waals surface area contributed by atoms with Gasteiger partial charge in [0.1, 0.15) is 0 Å². The van der Waals surface area contributed by atoms with Crippen LogP contribution >= 0.6 is 0 Å². The Morgan fingerprint density at radius 2 is 2.40 bits per heavy atom. The van der Waals surface area contributed by atoms with Crippen molar-refractivity contribution in [1.29, 1.82) is 0 Å². The SMILES string of the molecule is CC([O])C12CCNC1CC2. The molecule has 0 aromatic rings. The Kier molecular flexibility index (Phi) is 1.29. The Balaban J connectivity index is 2.14. The normalized spacial score (nSPS) is 48.0. The molecule has 57 valence electrons. The fraction of sp³-hybridized carbons (Fsp3) is 1.00. The fourth-order valence-electron chi connectivity index (χ4n) is 2.43. The lowest BCUT2D eigenvalue weighted by Crippen LogP contribution is -2.51. The molecule has 10 heavy (non-hydrogen) atoms. The van der Waals surface area contributed by atoms with Gasteiger partial charge in [-0.3, -0.25) is 0 Å². The molecule has 0 aromatic heterocycles. The molecule has 0 aromatic carbocycles. The summed E-state index contributed by atoms with van der Waals surface area (Å²) in [4.78, 5) is 0. The first kappa shape index (κ1) is 6.62. The number of nitrogens with one attached hydrogen (secondary N) is 1. The minimum absolute atomic E-state index is 0.167. The molecule has 1 radical (unpaired) electrons. The predicted molar refractivity (Wildman–Crippen MR) is 38.2 cm³/mol. The van der Waals surface area contributed by atoms with E-state index in [1.54, 1.807) is 0 Å². The summed E-state index contributed by atoms with van der Waals surface area (Å²) in [6.07, 6.45) is 3.14. The summed E-state index contributed by atoms with van der Waals surface area (Å²) in [5.74, 6) is 0. The molecular weight excluding hydrogens is 126 g/mol. The van der Waals surface area contributed by atoms with Crippen LogP contribution in [0.25, 0.3) is 0 Å². The van der Waals surface area contributed by atoms with Crippen molar-refractivity contribution in [2.45, 2.75) is 38.3 Å². The third-order valence-electron chi connectivity index (χ3n) is 3.38. The molecule has 3 atom stereocenters. The Morgan fingerprint density at radius 3 is 2.70 bits per heavy atom. The van der Waals surface area contributed by atoms with E-state index in [0.29, 0.717) is 6.04 Å². The molecule has 1 aliphatic heterocycles. The van der Waals surface area contributed by atoms with Crippen molar-refractivity contribution in [3.8, 4) is 0 Å². The molecule has 1 saturated carbocycles. The zero-order chi connectivity index (χ0) is 7.19. The highest BCUT2D eigenvalue weighted by Crippen LogP contribution is 2.49. The smallest absolute Gasteiger partial charge is 0.0973 e. The average Bonchev–Trinajstić information content (AvgIpc) is 2.09. The lowest BCUT2D eigenvalue weighted by atomic mass is 9.62. The molecule has 3 unspecified atom stereocenters. The first-order valence-corrected chi connectivity index (χ1v) is 4.15. The molecule has 1 saturated heterocycles. The Bertz CT molecular complexity index is 146. The molecule has 2 rings (SSSR count). The number of rotatable bonds is 1. The second-order valence-electron chi connectivity index (χ2n) is 3.67. The van der Waals surface area contributed by atoms with Crippen LogP contribution in [0.4, 0.5) is 0 Å². The van der Waals surface area contributed by atoms with Gasteiger partial charge in [-0.05, 0) is 32.7 Å². The van der Waals surface area contributed by atoms with E-state index in [-0.39, 0.29) is 11.5 Å². The summed E-state index contributed by atoms with van der Waals surface area (Å²) >= 11 is 0. The van der Waals surface area contributed by atoms with E-state index in [1.165, 1.54) is 6.42 Å². The quantitative estimate of drug-likeness (QED) is 0.577. The van der Waals surface area contributed by atoms with Gasteiger partial charge >= 0.3 is 0 Å². The number of fused-ring (bicyclic) bond motifs is 1. The molecule has 2 heteroatoms. The van der Waals surface area contributed by atoms with Gasteiger partial charge in [-0.2, -0.15) is 0 Å². The van der Waals surface area contributed by atoms with E-state index in [4.69, 9.17) is 0 Å². The molecule has 2 fully saturated rings. The lowest BCUT2D eigenvalue weighted by molar-refractivity contribution is -0.0685. The van der Waals surface area contributed by atoms with Crippen LogP contribution in [-0.2, 0) is 5.11 Å². The third-order valence-corrected chi connectivity index (χ3v) is 3.38. The summed E-state index contributed by atoms with van der Waals surface area (Å²) in [5, 5.41) is 14.7. The van der Waals surface area contributed by atoms with E-state index < -0.39 is 0 Å². The molecule has 1 N–H and O–H groups in total. The highest BCUT2D eigenvalue weighted by Gasteiger charge is 2.53. The van der Waals surface area contributed by atoms with E-state index in [0.717, 1.165) is 19.4 Å². The molecule has 0 amide bonds. The van der Waals surface area contributed by atoms with Crippen molar-refractivity contribution < 1.29 is 5.11 Å². The minimum atomic E-state index is -0.360. The van der Waals surface area contributed by atoms with Gasteiger partial charge in [0.05, 0.1) is 6.10 Å². The fourth-order valence-corrected chi connectivity index (χ4v) is 2.43. The van der Waals surface area contributed by atoms with Crippen LogP contribution in [0, 0.1) is 5.41 Å². The highest BCUT2D eigenvalue weighted by atomic mass is 16.3. The largest absolute Gasteiger partial charge is 0.313 e. The van der Waals surface area contributed by atoms with Crippen molar-refractivity contribution in [1.82, 2.24) is 5.32 Å². The minimum Gasteiger partial charge on any atom is -0.313 e. The second kappa shape index (κ2) is 1.95. The molecule has 1 heterocycles. The van der Waals surface area contributed by atoms with Crippen LogP contribution < -0.4 is 5.32 Å². The van der Waals surface area contributed by atoms with Crippen molar-refractivity contribution in [3.63, 3.8) is 0 Å². The standard InChI is InChI=1S/C8H14NO/c1-6(10)8-3-2-7(8)9-5-4-8/h6-7,9H,2-5H2,1H3. The van der Waals surface area contributed by atoms with Gasteiger partial charge in [0, 0.05) is 11.5 Å². The lowest BCUT2D eigenvalue weighted by Gasteiger charge is -2.45.